The van der Waals surface area contributed by atoms with E-state index in [0.717, 1.165) is 0 Å². The Balaban J connectivity index is 2.06. The minimum Gasteiger partial charge on any atom is -0.466 e. The first-order valence-corrected chi connectivity index (χ1v) is 14.2. The van der Waals surface area contributed by atoms with E-state index in [1.165, 1.54) is 21.3 Å². The molecule has 1 unspecified atom stereocenters. The maximum Gasteiger partial charge on any atom is 0.422 e. The molecule has 0 saturated carbocycles. The number of benzene rings is 1. The molecule has 1 aliphatic rings. The fourth-order valence-electron chi connectivity index (χ4n) is 4.13. The first-order valence-electron chi connectivity index (χ1n) is 12.8. The topological polar surface area (TPSA) is 115 Å². The van der Waals surface area contributed by atoms with Crippen molar-refractivity contribution in [2.45, 2.75) is 70.7 Å². The van der Waals surface area contributed by atoms with E-state index in [9.17, 15) is 26.4 Å². The minimum absolute atomic E-state index is 0.0637. The molecule has 0 bridgehead atoms. The average Bonchev–Trinajstić information content (AvgIpc) is 3.16. The molecule has 0 fully saturated rings. The second kappa shape index (κ2) is 12.0. The van der Waals surface area contributed by atoms with Gasteiger partial charge in [-0.3, -0.25) is 14.3 Å². The van der Waals surface area contributed by atoms with E-state index in [0.29, 0.717) is 42.9 Å². The van der Waals surface area contributed by atoms with E-state index in [2.05, 4.69) is 15.7 Å². The number of nitrogens with zero attached hydrogens (tertiary/aromatic N) is 3. The Kier molecular flexibility index (Phi) is 9.42. The van der Waals surface area contributed by atoms with Crippen molar-refractivity contribution < 1.29 is 35.9 Å². The Bertz CT molecular complexity index is 1260. The summed E-state index contributed by atoms with van der Waals surface area (Å²) in [6.45, 7) is 8.63. The molecule has 1 aliphatic heterocycles. The van der Waals surface area contributed by atoms with Gasteiger partial charge in [0.2, 0.25) is 0 Å². The number of rotatable bonds is 9. The summed E-state index contributed by atoms with van der Waals surface area (Å²) in [5, 5.41) is 9.81. The molecule has 1 aromatic carbocycles. The van der Waals surface area contributed by atoms with Gasteiger partial charge < -0.3 is 14.8 Å². The summed E-state index contributed by atoms with van der Waals surface area (Å²) in [4.78, 5) is 11.9. The third-order valence-electron chi connectivity index (χ3n) is 5.89. The third kappa shape index (κ3) is 8.24. The van der Waals surface area contributed by atoms with Crippen LogP contribution >= 0.6 is 0 Å². The van der Waals surface area contributed by atoms with Crippen LogP contribution in [0.5, 0.6) is 5.88 Å². The molecule has 3 rings (SSSR count). The van der Waals surface area contributed by atoms with Crippen molar-refractivity contribution in [2.75, 3.05) is 35.9 Å². The Morgan fingerprint density at radius 1 is 1.21 bits per heavy atom. The van der Waals surface area contributed by atoms with Gasteiger partial charge in [0.1, 0.15) is 5.60 Å². The molecule has 2 aromatic rings. The third-order valence-corrected chi connectivity index (χ3v) is 7.65. The van der Waals surface area contributed by atoms with Gasteiger partial charge >= 0.3 is 12.3 Å². The van der Waals surface area contributed by atoms with Crippen LogP contribution in [-0.2, 0) is 27.7 Å². The molecule has 39 heavy (non-hydrogen) atoms. The van der Waals surface area contributed by atoms with Gasteiger partial charge in [0.25, 0.3) is 15.9 Å². The molecule has 14 heteroatoms. The van der Waals surface area contributed by atoms with Gasteiger partial charge in [-0.15, -0.1) is 5.10 Å². The zero-order chi connectivity index (χ0) is 29.0. The van der Waals surface area contributed by atoms with Crippen LogP contribution < -0.4 is 19.7 Å². The molecule has 0 aliphatic carbocycles. The number of carbonyl (C=O) groups excluding carboxylic acids is 1. The molecule has 0 saturated heterocycles. The van der Waals surface area contributed by atoms with Crippen molar-refractivity contribution in [3.8, 4) is 5.88 Å². The Labute approximate surface area is 226 Å². The van der Waals surface area contributed by atoms with Crippen LogP contribution in [0.25, 0.3) is 0 Å². The lowest BCUT2D eigenvalue weighted by molar-refractivity contribution is -0.154. The summed E-state index contributed by atoms with van der Waals surface area (Å²) < 4.78 is 79.5. The molecule has 0 radical (unpaired) electrons. The fraction of sp³-hybridized carbons (Fsp3) is 0.600. The summed E-state index contributed by atoms with van der Waals surface area (Å²) in [6.07, 6.45) is -2.96. The smallest absolute Gasteiger partial charge is 0.422 e. The highest BCUT2D eigenvalue weighted by molar-refractivity contribution is 7.93. The van der Waals surface area contributed by atoms with Gasteiger partial charge in [0.05, 0.1) is 5.69 Å². The van der Waals surface area contributed by atoms with Crippen LogP contribution in [0.4, 0.5) is 29.3 Å². The number of amides is 1. The van der Waals surface area contributed by atoms with E-state index in [1.807, 2.05) is 6.92 Å². The highest BCUT2D eigenvalue weighted by atomic mass is 32.2. The van der Waals surface area contributed by atoms with Gasteiger partial charge in [-0.1, -0.05) is 13.0 Å². The van der Waals surface area contributed by atoms with Crippen molar-refractivity contribution in [3.05, 3.63) is 30.0 Å². The second-order valence-corrected chi connectivity index (χ2v) is 12.1. The number of nitrogens with one attached hydrogen (secondary N) is 2. The zero-order valence-corrected chi connectivity index (χ0v) is 23.6. The van der Waals surface area contributed by atoms with E-state index >= 15 is 0 Å². The number of hydrogen-bond donors (Lipinski definition) is 2. The number of alkyl halides is 3. The summed E-state index contributed by atoms with van der Waals surface area (Å²) in [5.41, 5.74) is 0.601. The van der Waals surface area contributed by atoms with E-state index in [4.69, 9.17) is 9.47 Å². The highest BCUT2D eigenvalue weighted by Gasteiger charge is 2.37. The van der Waals surface area contributed by atoms with Crippen LogP contribution in [0.15, 0.2) is 29.3 Å². The molecular formula is C25H36F3N5O5S. The molecule has 1 amide bonds. The second-order valence-electron chi connectivity index (χ2n) is 10.3. The van der Waals surface area contributed by atoms with Crippen molar-refractivity contribution in [1.82, 2.24) is 15.1 Å². The number of fused-ring (bicyclic) bond motifs is 1. The van der Waals surface area contributed by atoms with Crippen molar-refractivity contribution in [1.29, 1.82) is 0 Å². The molecule has 0 spiro atoms. The molecule has 2 heterocycles. The van der Waals surface area contributed by atoms with E-state index < -0.39 is 45.3 Å². The van der Waals surface area contributed by atoms with Crippen LogP contribution in [0.3, 0.4) is 0 Å². The number of anilines is 2. The van der Waals surface area contributed by atoms with Gasteiger partial charge in [-0.25, -0.2) is 13.2 Å². The largest absolute Gasteiger partial charge is 0.466 e. The Morgan fingerprint density at radius 2 is 1.92 bits per heavy atom. The number of halogens is 3. The van der Waals surface area contributed by atoms with E-state index in [-0.39, 0.29) is 19.0 Å². The first-order chi connectivity index (χ1) is 18.1. The lowest BCUT2D eigenvalue weighted by Gasteiger charge is -2.28. The van der Waals surface area contributed by atoms with Crippen LogP contribution in [-0.4, -0.2) is 62.3 Å². The molecule has 1 aromatic heterocycles. The van der Waals surface area contributed by atoms with Crippen molar-refractivity contribution in [2.24, 2.45) is 5.92 Å². The number of aryl methyl sites for hydroxylation is 2. The lowest BCUT2D eigenvalue weighted by Crippen LogP contribution is -2.38. The summed E-state index contributed by atoms with van der Waals surface area (Å²) in [5.74, 6) is -0.707. The molecule has 2 N–H and O–H groups in total. The number of hydrogen-bond acceptors (Lipinski definition) is 7. The van der Waals surface area contributed by atoms with Gasteiger partial charge in [-0.05, 0) is 77.2 Å². The predicted molar refractivity (Wildman–Crippen MR) is 141 cm³/mol. The minimum atomic E-state index is -4.68. The molecule has 218 valence electrons. The number of aromatic nitrogens is 2. The highest BCUT2D eigenvalue weighted by Crippen LogP contribution is 2.37. The molecular weight excluding hydrogens is 539 g/mol. The van der Waals surface area contributed by atoms with Crippen LogP contribution in [0, 0.1) is 5.92 Å². The van der Waals surface area contributed by atoms with Gasteiger partial charge in [-0.2, -0.15) is 13.2 Å². The maximum atomic E-state index is 14.1. The molecule has 1 atom stereocenters. The van der Waals surface area contributed by atoms with Crippen LogP contribution in [0.2, 0.25) is 0 Å². The maximum absolute atomic E-state index is 14.1. The van der Waals surface area contributed by atoms with Crippen LogP contribution in [0.1, 0.15) is 46.6 Å². The Morgan fingerprint density at radius 3 is 2.54 bits per heavy atom. The normalized spacial score (nSPS) is 16.4. The van der Waals surface area contributed by atoms with Gasteiger partial charge in [0.15, 0.2) is 11.5 Å². The average molecular weight is 576 g/mol. The SMILES string of the molecule is CCNCC1CCc2ccc(NC(=O)OC(C)(C)C)cc2N(S(=O)(=O)c2cn(CC)nc2OCC(F)(F)F)C1. The quantitative estimate of drug-likeness (QED) is 0.451. The predicted octanol–water partition coefficient (Wildman–Crippen LogP) is 4.56. The number of carbonyl (C=O) groups is 1. The number of sulfonamides is 1. The van der Waals surface area contributed by atoms with Gasteiger partial charge in [0, 0.05) is 25.0 Å². The summed E-state index contributed by atoms with van der Waals surface area (Å²) in [6, 6.07) is 4.93. The monoisotopic (exact) mass is 575 g/mol. The summed E-state index contributed by atoms with van der Waals surface area (Å²) >= 11 is 0. The summed E-state index contributed by atoms with van der Waals surface area (Å²) in [7, 11) is -4.43. The number of ether oxygens (including phenoxy) is 2. The van der Waals surface area contributed by atoms with Crippen molar-refractivity contribution >= 4 is 27.5 Å². The van der Waals surface area contributed by atoms with E-state index in [1.54, 1.807) is 39.8 Å². The zero-order valence-electron chi connectivity index (χ0n) is 22.8. The van der Waals surface area contributed by atoms with Crippen molar-refractivity contribution in [3.63, 3.8) is 0 Å². The lowest BCUT2D eigenvalue weighted by atomic mass is 10.0. The standard InChI is InChI=1S/C25H36F3N5O5S/c1-6-29-13-17-8-9-18-10-11-19(30-23(34)38-24(3,4)5)12-20(18)33(14-17)39(35,36)21-15-32(7-2)31-22(21)37-16-25(26,27)28/h10-12,15,17,29H,6-9,13-14,16H2,1-5H3,(H,30,34). The first kappa shape index (κ1) is 30.5. The molecule has 10 nitrogen and oxygen atoms in total. The Hall–Kier alpha value is -3.00. The fourth-order valence-corrected chi connectivity index (χ4v) is 5.78.